The maximum Gasteiger partial charge on any atom is 0.306 e. The Morgan fingerprint density at radius 2 is 0.821 bits per heavy atom. The average Bonchev–Trinajstić information content (AvgIpc) is 3.29. The van der Waals surface area contributed by atoms with Crippen LogP contribution in [0, 0.1) is 0 Å². The van der Waals surface area contributed by atoms with Crippen molar-refractivity contribution in [3.63, 3.8) is 0 Å². The molecular formula is C58H114NO7P. The molecule has 0 amide bonds. The van der Waals surface area contributed by atoms with Gasteiger partial charge in [0, 0.05) is 13.0 Å². The van der Waals surface area contributed by atoms with Crippen molar-refractivity contribution in [3.05, 3.63) is 24.3 Å². The van der Waals surface area contributed by atoms with E-state index in [4.69, 9.17) is 18.5 Å². The van der Waals surface area contributed by atoms with E-state index in [9.17, 15) is 14.3 Å². The number of esters is 1. The molecule has 398 valence electrons. The minimum Gasteiger partial charge on any atom is -0.756 e. The number of hydrogen-bond donors (Lipinski definition) is 0. The predicted molar refractivity (Wildman–Crippen MR) is 287 cm³/mol. The van der Waals surface area contributed by atoms with E-state index in [1.807, 2.05) is 21.1 Å². The SMILES string of the molecule is CCCCCCC/C=C\C/C=C\CCCCCCCCCCCCCC(=O)OC(COCCCCCCCCCCCCCCCCCCCCCCCC)COP(=O)([O-])OCC[N+](C)(C)C. The van der Waals surface area contributed by atoms with Crippen LogP contribution in [-0.4, -0.2) is 70.7 Å². The first-order valence-corrected chi connectivity index (χ1v) is 30.5. The Morgan fingerprint density at radius 3 is 1.21 bits per heavy atom. The van der Waals surface area contributed by atoms with Crippen LogP contribution in [0.5, 0.6) is 0 Å². The molecule has 0 rings (SSSR count). The van der Waals surface area contributed by atoms with E-state index in [1.165, 1.54) is 225 Å². The van der Waals surface area contributed by atoms with Crippen LogP contribution in [0.3, 0.4) is 0 Å². The Morgan fingerprint density at radius 1 is 0.463 bits per heavy atom. The molecule has 0 fully saturated rings. The molecule has 2 unspecified atom stereocenters. The number of likely N-dealkylation sites (N-methyl/N-ethyl adjacent to an activating group) is 1. The number of ether oxygens (including phenoxy) is 2. The Kier molecular flexibility index (Phi) is 50.6. The van der Waals surface area contributed by atoms with Gasteiger partial charge in [-0.3, -0.25) is 9.36 Å². The van der Waals surface area contributed by atoms with Gasteiger partial charge >= 0.3 is 5.97 Å². The summed E-state index contributed by atoms with van der Waals surface area (Å²) in [6.45, 7) is 5.47. The van der Waals surface area contributed by atoms with Gasteiger partial charge in [0.15, 0.2) is 0 Å². The lowest BCUT2D eigenvalue weighted by Crippen LogP contribution is -2.37. The number of nitrogens with zero attached hydrogens (tertiary/aromatic N) is 1. The molecule has 0 saturated carbocycles. The molecule has 0 bridgehead atoms. The molecule has 9 heteroatoms. The van der Waals surface area contributed by atoms with Gasteiger partial charge in [0.25, 0.3) is 7.82 Å². The second-order valence-corrected chi connectivity index (χ2v) is 22.4. The second-order valence-electron chi connectivity index (χ2n) is 21.0. The quantitative estimate of drug-likeness (QED) is 0.0197. The minimum atomic E-state index is -4.53. The molecule has 0 aliphatic carbocycles. The van der Waals surface area contributed by atoms with E-state index < -0.39 is 13.9 Å². The third kappa shape index (κ3) is 55.8. The number of phosphoric acid groups is 1. The van der Waals surface area contributed by atoms with E-state index in [-0.39, 0.29) is 25.8 Å². The van der Waals surface area contributed by atoms with Gasteiger partial charge in [-0.2, -0.15) is 0 Å². The normalized spacial score (nSPS) is 13.6. The number of carbonyl (C=O) groups excluding carboxylic acids is 1. The Balaban J connectivity index is 4.04. The van der Waals surface area contributed by atoms with Crippen molar-refractivity contribution in [1.29, 1.82) is 0 Å². The van der Waals surface area contributed by atoms with Crippen molar-refractivity contribution in [2.75, 3.05) is 54.1 Å². The highest BCUT2D eigenvalue weighted by molar-refractivity contribution is 7.45. The van der Waals surface area contributed by atoms with Crippen molar-refractivity contribution in [3.8, 4) is 0 Å². The summed E-state index contributed by atoms with van der Waals surface area (Å²) in [7, 11) is 1.37. The minimum absolute atomic E-state index is 0.0285. The van der Waals surface area contributed by atoms with E-state index >= 15 is 0 Å². The van der Waals surface area contributed by atoms with Crippen molar-refractivity contribution >= 4 is 13.8 Å². The lowest BCUT2D eigenvalue weighted by Gasteiger charge is -2.28. The van der Waals surface area contributed by atoms with Crippen molar-refractivity contribution in [2.24, 2.45) is 0 Å². The van der Waals surface area contributed by atoms with Gasteiger partial charge in [-0.25, -0.2) is 0 Å². The molecule has 0 aliphatic rings. The summed E-state index contributed by atoms with van der Waals surface area (Å²) >= 11 is 0. The van der Waals surface area contributed by atoms with Crippen LogP contribution >= 0.6 is 7.82 Å². The molecule has 8 nitrogen and oxygen atoms in total. The van der Waals surface area contributed by atoms with Crippen LogP contribution in [0.4, 0.5) is 0 Å². The summed E-state index contributed by atoms with van der Waals surface area (Å²) in [5.74, 6) is -0.330. The van der Waals surface area contributed by atoms with Gasteiger partial charge in [-0.05, 0) is 44.9 Å². The van der Waals surface area contributed by atoms with Crippen LogP contribution in [-0.2, 0) is 27.9 Å². The standard InChI is InChI=1S/C58H114NO7P/c1-6-8-10-12-14-16-18-20-22-24-26-28-30-31-33-35-37-39-41-43-45-47-49-51-58(60)66-57(56-65-67(61,62)64-54-52-59(3,4)5)55-63-53-50-48-46-44-42-40-38-36-34-32-29-27-25-23-21-19-17-15-13-11-9-7-2/h18,20,24,26,57H,6-17,19,21-23,25,27-56H2,1-5H3/b20-18-,26-24-. The van der Waals surface area contributed by atoms with Gasteiger partial charge in [-0.15, -0.1) is 0 Å². The van der Waals surface area contributed by atoms with Crippen molar-refractivity contribution < 1.29 is 37.3 Å². The fraction of sp³-hybridized carbons (Fsp3) is 0.914. The Hall–Kier alpha value is -1.02. The number of hydrogen-bond acceptors (Lipinski definition) is 7. The molecular weight excluding hydrogens is 854 g/mol. The topological polar surface area (TPSA) is 94.1 Å². The molecule has 0 saturated heterocycles. The molecule has 67 heavy (non-hydrogen) atoms. The van der Waals surface area contributed by atoms with Crippen LogP contribution in [0.1, 0.15) is 284 Å². The van der Waals surface area contributed by atoms with Gasteiger partial charge < -0.3 is 27.9 Å². The van der Waals surface area contributed by atoms with Gasteiger partial charge in [0.05, 0.1) is 34.4 Å². The maximum absolute atomic E-state index is 12.8. The number of quaternary nitrogens is 1. The predicted octanol–water partition coefficient (Wildman–Crippen LogP) is 17.7. The fourth-order valence-corrected chi connectivity index (χ4v) is 9.25. The number of unbranched alkanes of at least 4 members (excludes halogenated alkanes) is 37. The molecule has 0 heterocycles. The first-order valence-electron chi connectivity index (χ1n) is 29.1. The maximum atomic E-state index is 12.8. The molecule has 0 aromatic rings. The van der Waals surface area contributed by atoms with E-state index in [1.54, 1.807) is 0 Å². The third-order valence-corrected chi connectivity index (χ3v) is 14.0. The third-order valence-electron chi connectivity index (χ3n) is 13.0. The lowest BCUT2D eigenvalue weighted by molar-refractivity contribution is -0.870. The zero-order valence-electron chi connectivity index (χ0n) is 45.4. The first kappa shape index (κ1) is 66.0. The van der Waals surface area contributed by atoms with Crippen LogP contribution < -0.4 is 4.89 Å². The monoisotopic (exact) mass is 968 g/mol. The summed E-state index contributed by atoms with van der Waals surface area (Å²) in [5.41, 5.74) is 0. The van der Waals surface area contributed by atoms with Gasteiger partial charge in [0.2, 0.25) is 0 Å². The van der Waals surface area contributed by atoms with E-state index in [0.29, 0.717) is 24.1 Å². The zero-order valence-corrected chi connectivity index (χ0v) is 46.3. The van der Waals surface area contributed by atoms with Crippen molar-refractivity contribution in [1.82, 2.24) is 0 Å². The number of phosphoric ester groups is 1. The highest BCUT2D eigenvalue weighted by atomic mass is 31.2. The number of allylic oxidation sites excluding steroid dienone is 4. The number of carbonyl (C=O) groups is 1. The fourth-order valence-electron chi connectivity index (χ4n) is 8.52. The summed E-state index contributed by atoms with van der Waals surface area (Å²) in [6.07, 6.45) is 62.2. The molecule has 0 radical (unpaired) electrons. The molecule has 2 atom stereocenters. The first-order chi connectivity index (χ1) is 32.6. The summed E-state index contributed by atoms with van der Waals surface area (Å²) in [4.78, 5) is 25.3. The Bertz CT molecular complexity index is 1120. The van der Waals surface area contributed by atoms with Crippen LogP contribution in [0.25, 0.3) is 0 Å². The molecule has 0 aliphatic heterocycles. The summed E-state index contributed by atoms with van der Waals surface area (Å²) < 4.78 is 34.9. The van der Waals surface area contributed by atoms with Crippen molar-refractivity contribution in [2.45, 2.75) is 290 Å². The van der Waals surface area contributed by atoms with Gasteiger partial charge in [-0.1, -0.05) is 256 Å². The van der Waals surface area contributed by atoms with Crippen LogP contribution in [0.2, 0.25) is 0 Å². The highest BCUT2D eigenvalue weighted by Gasteiger charge is 2.20. The zero-order chi connectivity index (χ0) is 49.0. The van der Waals surface area contributed by atoms with E-state index in [2.05, 4.69) is 38.2 Å². The smallest absolute Gasteiger partial charge is 0.306 e. The second kappa shape index (κ2) is 51.3. The largest absolute Gasteiger partial charge is 0.756 e. The average molecular weight is 969 g/mol. The van der Waals surface area contributed by atoms with E-state index in [0.717, 1.165) is 38.5 Å². The Labute approximate surface area is 417 Å². The molecule has 0 spiro atoms. The lowest BCUT2D eigenvalue weighted by atomic mass is 10.0. The van der Waals surface area contributed by atoms with Gasteiger partial charge in [0.1, 0.15) is 19.3 Å². The summed E-state index contributed by atoms with van der Waals surface area (Å²) in [6, 6.07) is 0. The molecule has 0 N–H and O–H groups in total. The number of rotatable bonds is 55. The molecule has 0 aromatic heterocycles. The molecule has 0 aromatic carbocycles. The summed E-state index contributed by atoms with van der Waals surface area (Å²) in [5, 5.41) is 0. The highest BCUT2D eigenvalue weighted by Crippen LogP contribution is 2.38. The van der Waals surface area contributed by atoms with Crippen LogP contribution in [0.15, 0.2) is 24.3 Å².